The lowest BCUT2D eigenvalue weighted by molar-refractivity contribution is 0.411. The predicted octanol–water partition coefficient (Wildman–Crippen LogP) is 3.00. The molecule has 21 heavy (non-hydrogen) atoms. The molecule has 2 aromatic heterocycles. The number of pyridine rings is 2. The van der Waals surface area contributed by atoms with Gasteiger partial charge in [0.25, 0.3) is 0 Å². The summed E-state index contributed by atoms with van der Waals surface area (Å²) in [5.74, 6) is 1.09. The van der Waals surface area contributed by atoms with E-state index in [2.05, 4.69) is 48.2 Å². The lowest BCUT2D eigenvalue weighted by Gasteiger charge is -2.33. The van der Waals surface area contributed by atoms with Gasteiger partial charge < -0.3 is 10.2 Å². The molecule has 1 N–H and O–H groups in total. The zero-order chi connectivity index (χ0) is 14.5. The van der Waals surface area contributed by atoms with E-state index in [4.69, 9.17) is 0 Å². The summed E-state index contributed by atoms with van der Waals surface area (Å²) in [5.41, 5.74) is 1.09. The van der Waals surface area contributed by atoms with Crippen LogP contribution in [0.4, 0.5) is 5.82 Å². The summed E-state index contributed by atoms with van der Waals surface area (Å²) >= 11 is 3.41. The summed E-state index contributed by atoms with van der Waals surface area (Å²) in [6, 6.07) is 10.7. The van der Waals surface area contributed by atoms with Gasteiger partial charge >= 0.3 is 0 Å². The summed E-state index contributed by atoms with van der Waals surface area (Å²) in [6.45, 7) is 2.95. The molecule has 4 nitrogen and oxygen atoms in total. The molecule has 1 fully saturated rings. The molecule has 5 heteroatoms. The predicted molar refractivity (Wildman–Crippen MR) is 88.2 cm³/mol. The van der Waals surface area contributed by atoms with Crippen LogP contribution in [0.1, 0.15) is 18.5 Å². The Morgan fingerprint density at radius 1 is 1.14 bits per heavy atom. The number of aromatic nitrogens is 2. The van der Waals surface area contributed by atoms with E-state index >= 15 is 0 Å². The normalized spacial score (nSPS) is 16.1. The Labute approximate surface area is 133 Å². The summed E-state index contributed by atoms with van der Waals surface area (Å²) in [5, 5.41) is 3.60. The van der Waals surface area contributed by atoms with Crippen molar-refractivity contribution in [3.05, 3.63) is 52.9 Å². The van der Waals surface area contributed by atoms with Crippen LogP contribution in [0.2, 0.25) is 0 Å². The molecule has 0 bridgehead atoms. The highest BCUT2D eigenvalue weighted by Crippen LogP contribution is 2.17. The number of halogens is 1. The van der Waals surface area contributed by atoms with Crippen LogP contribution in [0.15, 0.2) is 47.2 Å². The first-order chi connectivity index (χ1) is 10.3. The van der Waals surface area contributed by atoms with Crippen molar-refractivity contribution in [2.24, 2.45) is 0 Å². The van der Waals surface area contributed by atoms with E-state index in [1.54, 1.807) is 0 Å². The third-order valence-electron chi connectivity index (χ3n) is 3.83. The van der Waals surface area contributed by atoms with Gasteiger partial charge in [0.05, 0.1) is 5.69 Å². The highest BCUT2D eigenvalue weighted by atomic mass is 79.9. The molecule has 3 heterocycles. The van der Waals surface area contributed by atoms with Gasteiger partial charge in [-0.1, -0.05) is 6.07 Å². The molecular weight excluding hydrogens is 328 g/mol. The van der Waals surface area contributed by atoms with Crippen molar-refractivity contribution in [2.45, 2.75) is 25.4 Å². The zero-order valence-electron chi connectivity index (χ0n) is 11.9. The molecule has 0 aliphatic carbocycles. The summed E-state index contributed by atoms with van der Waals surface area (Å²) in [4.78, 5) is 11.2. The minimum atomic E-state index is 0.565. The van der Waals surface area contributed by atoms with E-state index in [0.29, 0.717) is 6.04 Å². The van der Waals surface area contributed by atoms with Crippen LogP contribution < -0.4 is 10.2 Å². The van der Waals surface area contributed by atoms with Gasteiger partial charge in [0, 0.05) is 42.5 Å². The summed E-state index contributed by atoms with van der Waals surface area (Å²) in [7, 11) is 0. The van der Waals surface area contributed by atoms with Crippen LogP contribution in [0.25, 0.3) is 0 Å². The Hall–Kier alpha value is -1.46. The SMILES string of the molecule is Brc1ccc(CNC2CCN(c3ccccn3)CC2)nc1. The number of anilines is 1. The van der Waals surface area contributed by atoms with Crippen molar-refractivity contribution < 1.29 is 0 Å². The van der Waals surface area contributed by atoms with Crippen LogP contribution in [0.5, 0.6) is 0 Å². The van der Waals surface area contributed by atoms with Crippen molar-refractivity contribution in [3.63, 3.8) is 0 Å². The Morgan fingerprint density at radius 3 is 2.67 bits per heavy atom. The van der Waals surface area contributed by atoms with Crippen molar-refractivity contribution in [2.75, 3.05) is 18.0 Å². The average molecular weight is 347 g/mol. The van der Waals surface area contributed by atoms with Gasteiger partial charge in [-0.3, -0.25) is 4.98 Å². The molecule has 0 amide bonds. The smallest absolute Gasteiger partial charge is 0.128 e. The maximum absolute atomic E-state index is 4.42. The van der Waals surface area contributed by atoms with E-state index in [0.717, 1.165) is 48.5 Å². The Balaban J connectivity index is 1.47. The van der Waals surface area contributed by atoms with Gasteiger partial charge in [0.15, 0.2) is 0 Å². The van der Waals surface area contributed by atoms with Crippen molar-refractivity contribution in [1.29, 1.82) is 0 Å². The van der Waals surface area contributed by atoms with E-state index in [-0.39, 0.29) is 0 Å². The lowest BCUT2D eigenvalue weighted by atomic mass is 10.0. The van der Waals surface area contributed by atoms with E-state index in [1.807, 2.05) is 30.6 Å². The first-order valence-electron chi connectivity index (χ1n) is 7.31. The average Bonchev–Trinajstić information content (AvgIpc) is 2.56. The van der Waals surface area contributed by atoms with Gasteiger partial charge in [-0.15, -0.1) is 0 Å². The van der Waals surface area contributed by atoms with Crippen LogP contribution >= 0.6 is 15.9 Å². The van der Waals surface area contributed by atoms with E-state index in [1.165, 1.54) is 0 Å². The molecule has 2 aromatic rings. The number of rotatable bonds is 4. The van der Waals surface area contributed by atoms with E-state index in [9.17, 15) is 0 Å². The van der Waals surface area contributed by atoms with Crippen molar-refractivity contribution >= 4 is 21.7 Å². The second-order valence-electron chi connectivity index (χ2n) is 5.30. The molecule has 0 unspecified atom stereocenters. The molecular formula is C16H19BrN4. The molecule has 1 aliphatic rings. The van der Waals surface area contributed by atoms with E-state index < -0.39 is 0 Å². The van der Waals surface area contributed by atoms with Crippen molar-refractivity contribution in [1.82, 2.24) is 15.3 Å². The van der Waals surface area contributed by atoms with Crippen LogP contribution in [0, 0.1) is 0 Å². The number of piperidine rings is 1. The van der Waals surface area contributed by atoms with Gasteiger partial charge in [-0.25, -0.2) is 4.98 Å². The van der Waals surface area contributed by atoms with Crippen LogP contribution in [-0.4, -0.2) is 29.1 Å². The van der Waals surface area contributed by atoms with Gasteiger partial charge in [-0.2, -0.15) is 0 Å². The molecule has 1 aliphatic heterocycles. The van der Waals surface area contributed by atoms with Crippen LogP contribution in [-0.2, 0) is 6.54 Å². The third kappa shape index (κ3) is 4.02. The van der Waals surface area contributed by atoms with Gasteiger partial charge in [-0.05, 0) is 53.0 Å². The molecule has 1 saturated heterocycles. The second-order valence-corrected chi connectivity index (χ2v) is 6.21. The molecule has 0 radical (unpaired) electrons. The molecule has 0 spiro atoms. The second kappa shape index (κ2) is 7.00. The Kier molecular flexibility index (Phi) is 4.83. The minimum absolute atomic E-state index is 0.565. The topological polar surface area (TPSA) is 41.0 Å². The minimum Gasteiger partial charge on any atom is -0.357 e. The molecule has 0 atom stereocenters. The van der Waals surface area contributed by atoms with Gasteiger partial charge in [0.1, 0.15) is 5.82 Å². The number of hydrogen-bond donors (Lipinski definition) is 1. The summed E-state index contributed by atoms with van der Waals surface area (Å²) < 4.78 is 1.02. The van der Waals surface area contributed by atoms with Crippen molar-refractivity contribution in [3.8, 4) is 0 Å². The number of hydrogen-bond acceptors (Lipinski definition) is 4. The fraction of sp³-hybridized carbons (Fsp3) is 0.375. The highest BCUT2D eigenvalue weighted by Gasteiger charge is 2.19. The Morgan fingerprint density at radius 2 is 2.00 bits per heavy atom. The third-order valence-corrected chi connectivity index (χ3v) is 4.30. The monoisotopic (exact) mass is 346 g/mol. The molecule has 110 valence electrons. The van der Waals surface area contributed by atoms with Crippen LogP contribution in [0.3, 0.4) is 0 Å². The number of nitrogens with one attached hydrogen (secondary N) is 1. The maximum Gasteiger partial charge on any atom is 0.128 e. The first-order valence-corrected chi connectivity index (χ1v) is 8.10. The molecule has 3 rings (SSSR count). The quantitative estimate of drug-likeness (QED) is 0.923. The largest absolute Gasteiger partial charge is 0.357 e. The summed E-state index contributed by atoms with van der Waals surface area (Å²) in [6.07, 6.45) is 6.00. The Bertz CT molecular complexity index is 550. The fourth-order valence-corrected chi connectivity index (χ4v) is 2.85. The lowest BCUT2D eigenvalue weighted by Crippen LogP contribution is -2.42. The zero-order valence-corrected chi connectivity index (χ0v) is 13.5. The highest BCUT2D eigenvalue weighted by molar-refractivity contribution is 9.10. The maximum atomic E-state index is 4.42. The molecule has 0 saturated carbocycles. The van der Waals surface area contributed by atoms with Gasteiger partial charge in [0.2, 0.25) is 0 Å². The number of nitrogens with zero attached hydrogens (tertiary/aromatic N) is 3. The fourth-order valence-electron chi connectivity index (χ4n) is 2.61. The first kappa shape index (κ1) is 14.5. The standard InChI is InChI=1S/C16H19BrN4/c17-13-4-5-15(19-11-13)12-20-14-6-9-21(10-7-14)16-3-1-2-8-18-16/h1-5,8,11,14,20H,6-7,9-10,12H2. The molecule has 0 aromatic carbocycles.